The third-order valence-corrected chi connectivity index (χ3v) is 6.89. The van der Waals surface area contributed by atoms with Gasteiger partial charge in [-0.15, -0.1) is 0 Å². The predicted octanol–water partition coefficient (Wildman–Crippen LogP) is 0.884. The molecule has 0 saturated carbocycles. The van der Waals surface area contributed by atoms with E-state index in [4.69, 9.17) is 5.26 Å². The Morgan fingerprint density at radius 1 is 1.22 bits per heavy atom. The van der Waals surface area contributed by atoms with Crippen LogP contribution in [0.15, 0.2) is 23.0 Å². The van der Waals surface area contributed by atoms with Crippen LogP contribution in [0.25, 0.3) is 0 Å². The molecule has 15 heteroatoms. The largest absolute Gasteiger partial charge is 0.501 e. The van der Waals surface area contributed by atoms with Gasteiger partial charge in [0.1, 0.15) is 16.5 Å². The number of carbonyl (C=O) groups is 2. The Labute approximate surface area is 209 Å². The Balaban J connectivity index is 1.72. The van der Waals surface area contributed by atoms with Gasteiger partial charge in [-0.3, -0.25) is 14.4 Å². The highest BCUT2D eigenvalue weighted by molar-refractivity contribution is 7.72. The van der Waals surface area contributed by atoms with Crippen LogP contribution in [0.5, 0.6) is 5.75 Å². The minimum absolute atomic E-state index is 0.00348. The fraction of sp³-hybridized carbons (Fsp3) is 0.409. The first-order chi connectivity index (χ1) is 17.4. The highest BCUT2D eigenvalue weighted by Crippen LogP contribution is 2.36. The SMILES string of the molecule is N#Cc1ccc(C(=O)N2CCC[C@H]2c2nc(=O)c(O)c3n2CCN(CC[SH](=O)=O)C3=O)cc1C(F)(F)F. The number of aromatic nitrogens is 2. The summed E-state index contributed by atoms with van der Waals surface area (Å²) in [5, 5.41) is 19.3. The van der Waals surface area contributed by atoms with E-state index in [-0.39, 0.29) is 49.0 Å². The van der Waals surface area contributed by atoms with Crippen molar-refractivity contribution in [3.05, 3.63) is 56.8 Å². The first-order valence-corrected chi connectivity index (χ1v) is 12.5. The molecule has 0 spiro atoms. The van der Waals surface area contributed by atoms with Crippen LogP contribution < -0.4 is 5.56 Å². The number of likely N-dealkylation sites (tertiary alicyclic amines) is 1. The van der Waals surface area contributed by atoms with Gasteiger partial charge in [-0.2, -0.15) is 23.4 Å². The molecule has 196 valence electrons. The van der Waals surface area contributed by atoms with Gasteiger partial charge in [0.05, 0.1) is 29.0 Å². The number of aromatic hydroxyl groups is 1. The van der Waals surface area contributed by atoms with Gasteiger partial charge in [-0.1, -0.05) is 0 Å². The molecule has 0 unspecified atom stereocenters. The van der Waals surface area contributed by atoms with Gasteiger partial charge in [0.2, 0.25) is 5.75 Å². The highest BCUT2D eigenvalue weighted by atomic mass is 32.2. The quantitative estimate of drug-likeness (QED) is 0.531. The van der Waals surface area contributed by atoms with Gasteiger partial charge >= 0.3 is 11.7 Å². The van der Waals surface area contributed by atoms with Crippen molar-refractivity contribution in [1.29, 1.82) is 5.26 Å². The smallest absolute Gasteiger partial charge is 0.417 e. The Bertz CT molecular complexity index is 1450. The summed E-state index contributed by atoms with van der Waals surface area (Å²) in [5.41, 5.74) is -3.71. The summed E-state index contributed by atoms with van der Waals surface area (Å²) in [6.45, 7) is 0.0857. The summed E-state index contributed by atoms with van der Waals surface area (Å²) in [7, 11) is -2.76. The van der Waals surface area contributed by atoms with Crippen molar-refractivity contribution in [1.82, 2.24) is 19.4 Å². The maximum atomic E-state index is 13.4. The van der Waals surface area contributed by atoms with Crippen molar-refractivity contribution in [2.24, 2.45) is 0 Å². The molecule has 1 saturated heterocycles. The van der Waals surface area contributed by atoms with Crippen LogP contribution in [0.3, 0.4) is 0 Å². The number of thiol groups is 1. The molecule has 2 aliphatic rings. The second kappa shape index (κ2) is 9.85. The molecule has 0 aliphatic carbocycles. The maximum absolute atomic E-state index is 13.4. The van der Waals surface area contributed by atoms with Crippen molar-refractivity contribution in [2.45, 2.75) is 31.6 Å². The van der Waals surface area contributed by atoms with Gasteiger partial charge in [0, 0.05) is 31.7 Å². The molecule has 2 amide bonds. The Kier molecular flexibility index (Phi) is 6.96. The summed E-state index contributed by atoms with van der Waals surface area (Å²) < 4.78 is 63.4. The van der Waals surface area contributed by atoms with Crippen LogP contribution in [0.4, 0.5) is 13.2 Å². The van der Waals surface area contributed by atoms with Gasteiger partial charge in [-0.25, -0.2) is 8.42 Å². The Morgan fingerprint density at radius 2 is 1.95 bits per heavy atom. The number of alkyl halides is 3. The average molecular weight is 539 g/mol. The summed E-state index contributed by atoms with van der Waals surface area (Å²) in [6.07, 6.45) is -4.14. The first-order valence-electron chi connectivity index (χ1n) is 11.1. The van der Waals surface area contributed by atoms with Gasteiger partial charge in [0.25, 0.3) is 11.8 Å². The van der Waals surface area contributed by atoms with Crippen LogP contribution in [0.2, 0.25) is 0 Å². The van der Waals surface area contributed by atoms with E-state index in [9.17, 15) is 41.1 Å². The van der Waals surface area contributed by atoms with Crippen LogP contribution in [-0.4, -0.2) is 70.1 Å². The Hall–Kier alpha value is -3.93. The van der Waals surface area contributed by atoms with Crippen molar-refractivity contribution in [3.8, 4) is 11.8 Å². The summed E-state index contributed by atoms with van der Waals surface area (Å²) >= 11 is 0. The van der Waals surface area contributed by atoms with E-state index in [1.807, 2.05) is 0 Å². The van der Waals surface area contributed by atoms with Crippen molar-refractivity contribution >= 4 is 22.5 Å². The normalized spacial score (nSPS) is 17.7. The zero-order valence-corrected chi connectivity index (χ0v) is 20.0. The molecule has 37 heavy (non-hydrogen) atoms. The summed E-state index contributed by atoms with van der Waals surface area (Å²) in [4.78, 5) is 45.0. The third-order valence-electron chi connectivity index (χ3n) is 6.33. The molecule has 1 atom stereocenters. The molecule has 2 aromatic rings. The molecular weight excluding hydrogens is 519 g/mol. The molecule has 1 aromatic carbocycles. The topological polar surface area (TPSA) is 154 Å². The van der Waals surface area contributed by atoms with E-state index in [0.29, 0.717) is 18.9 Å². The lowest BCUT2D eigenvalue weighted by Crippen LogP contribution is -2.45. The van der Waals surface area contributed by atoms with Crippen LogP contribution in [0.1, 0.15) is 56.7 Å². The number of halogens is 3. The van der Waals surface area contributed by atoms with Crippen LogP contribution in [0, 0.1) is 11.3 Å². The van der Waals surface area contributed by atoms with Gasteiger partial charge < -0.3 is 19.5 Å². The molecule has 0 bridgehead atoms. The molecule has 2 aliphatic heterocycles. The molecule has 0 radical (unpaired) electrons. The fourth-order valence-electron chi connectivity index (χ4n) is 4.60. The first kappa shape index (κ1) is 26.1. The van der Waals surface area contributed by atoms with E-state index < -0.39 is 57.2 Å². The summed E-state index contributed by atoms with van der Waals surface area (Å²) in [6, 6.07) is 3.20. The lowest BCUT2D eigenvalue weighted by Gasteiger charge is -2.33. The number of fused-ring (bicyclic) bond motifs is 1. The number of amides is 2. The second-order valence-electron chi connectivity index (χ2n) is 8.50. The minimum Gasteiger partial charge on any atom is -0.501 e. The van der Waals surface area contributed by atoms with Crippen molar-refractivity contribution in [3.63, 3.8) is 0 Å². The standard InChI is InChI=1S/C22H20F3N5O6S/c23-22(24,25)14-10-12(3-4-13(14)11-26)20(33)29-5-1-2-15(29)18-27-19(32)17(31)16-21(34)28(6-7-30(16)18)8-9-37(35)36/h3-4,10,15,31,37H,1-2,5-9H2/t15-/m0/s1. The number of rotatable bonds is 5. The molecule has 1 fully saturated rings. The molecule has 1 aromatic heterocycles. The van der Waals surface area contributed by atoms with E-state index in [0.717, 1.165) is 12.1 Å². The number of nitrogens with zero attached hydrogens (tertiary/aromatic N) is 5. The van der Waals surface area contributed by atoms with E-state index in [2.05, 4.69) is 4.98 Å². The lowest BCUT2D eigenvalue weighted by atomic mass is 10.0. The van der Waals surface area contributed by atoms with E-state index in [1.165, 1.54) is 20.4 Å². The highest BCUT2D eigenvalue weighted by Gasteiger charge is 2.39. The van der Waals surface area contributed by atoms with Crippen molar-refractivity contribution in [2.75, 3.05) is 25.4 Å². The molecule has 11 nitrogen and oxygen atoms in total. The van der Waals surface area contributed by atoms with Gasteiger partial charge in [-0.05, 0) is 31.0 Å². The monoisotopic (exact) mass is 539 g/mol. The lowest BCUT2D eigenvalue weighted by molar-refractivity contribution is -0.137. The average Bonchev–Trinajstić information content (AvgIpc) is 3.33. The molecule has 4 rings (SSSR count). The zero-order chi connectivity index (χ0) is 27.1. The Morgan fingerprint density at radius 3 is 2.59 bits per heavy atom. The predicted molar refractivity (Wildman–Crippen MR) is 120 cm³/mol. The molecule has 3 heterocycles. The number of hydrogen-bond acceptors (Lipinski definition) is 8. The number of benzene rings is 1. The second-order valence-corrected chi connectivity index (χ2v) is 9.61. The fourth-order valence-corrected chi connectivity index (χ4v) is 5.00. The number of nitriles is 1. The number of carbonyl (C=O) groups excluding carboxylic acids is 2. The van der Waals surface area contributed by atoms with Crippen LogP contribution >= 0.6 is 0 Å². The van der Waals surface area contributed by atoms with Crippen molar-refractivity contribution < 1.29 is 36.3 Å². The minimum atomic E-state index is -4.86. The number of hydrogen-bond donors (Lipinski definition) is 2. The maximum Gasteiger partial charge on any atom is 0.417 e. The molecular formula is C22H20F3N5O6S. The third kappa shape index (κ3) is 4.88. The summed E-state index contributed by atoms with van der Waals surface area (Å²) in [5.74, 6) is -2.78. The van der Waals surface area contributed by atoms with Gasteiger partial charge in [0.15, 0.2) is 5.69 Å². The van der Waals surface area contributed by atoms with E-state index in [1.54, 1.807) is 0 Å². The zero-order valence-electron chi connectivity index (χ0n) is 19.1. The van der Waals surface area contributed by atoms with E-state index >= 15 is 0 Å². The molecule has 1 N–H and O–H groups in total. The van der Waals surface area contributed by atoms with Crippen LogP contribution in [-0.2, 0) is 23.4 Å².